The monoisotopic (exact) mass is 499 g/mol. The number of likely N-dealkylation sites (tertiary alicyclic amines) is 1. The highest BCUT2D eigenvalue weighted by Crippen LogP contribution is 2.53. The predicted molar refractivity (Wildman–Crippen MR) is 127 cm³/mol. The van der Waals surface area contributed by atoms with Gasteiger partial charge in [0.25, 0.3) is 17.6 Å². The zero-order valence-electron chi connectivity index (χ0n) is 19.7. The first-order chi connectivity index (χ1) is 16.5. The van der Waals surface area contributed by atoms with Crippen molar-refractivity contribution in [1.29, 1.82) is 0 Å². The SMILES string of the molecule is COCCN1C(=O)C(=O)/C(=C(/O)c2ccc(S(=O)(=O)N(C)C)cc2)[C@@]12C(=O)N(C)c1ccccc12. The number of anilines is 1. The first kappa shape index (κ1) is 24.6. The van der Waals surface area contributed by atoms with Gasteiger partial charge in [-0.1, -0.05) is 18.2 Å². The van der Waals surface area contributed by atoms with E-state index in [2.05, 4.69) is 0 Å². The van der Waals surface area contributed by atoms with E-state index in [1.54, 1.807) is 24.3 Å². The van der Waals surface area contributed by atoms with E-state index < -0.39 is 38.9 Å². The number of carbonyl (C=O) groups excluding carboxylic acids is 3. The lowest BCUT2D eigenvalue weighted by Crippen LogP contribution is -2.52. The van der Waals surface area contributed by atoms with Crippen LogP contribution in [0.25, 0.3) is 5.76 Å². The summed E-state index contributed by atoms with van der Waals surface area (Å²) in [5, 5.41) is 11.3. The van der Waals surface area contributed by atoms with Gasteiger partial charge in [0.1, 0.15) is 5.76 Å². The van der Waals surface area contributed by atoms with Gasteiger partial charge in [-0.25, -0.2) is 12.7 Å². The van der Waals surface area contributed by atoms with Gasteiger partial charge in [0, 0.05) is 51.6 Å². The van der Waals surface area contributed by atoms with Crippen LogP contribution in [0.15, 0.2) is 59.0 Å². The van der Waals surface area contributed by atoms with Gasteiger partial charge in [-0.15, -0.1) is 0 Å². The van der Waals surface area contributed by atoms with Crippen molar-refractivity contribution >= 4 is 39.1 Å². The van der Waals surface area contributed by atoms with Crippen LogP contribution in [0.3, 0.4) is 0 Å². The van der Waals surface area contributed by atoms with Crippen LogP contribution in [0.4, 0.5) is 5.69 Å². The maximum atomic E-state index is 13.8. The number of nitrogens with zero attached hydrogens (tertiary/aromatic N) is 3. The molecule has 4 rings (SSSR count). The Hall–Kier alpha value is -3.54. The zero-order valence-corrected chi connectivity index (χ0v) is 20.5. The number of benzene rings is 2. The van der Waals surface area contributed by atoms with Crippen molar-refractivity contribution in [3.8, 4) is 0 Å². The molecule has 0 aromatic heterocycles. The summed E-state index contributed by atoms with van der Waals surface area (Å²) in [6, 6.07) is 12.0. The predicted octanol–water partition coefficient (Wildman–Crippen LogP) is 1.14. The number of rotatable bonds is 6. The molecule has 0 bridgehead atoms. The molecule has 11 heteroatoms. The molecule has 2 aliphatic heterocycles. The van der Waals surface area contributed by atoms with E-state index in [9.17, 15) is 27.9 Å². The van der Waals surface area contributed by atoms with Gasteiger partial charge in [-0.2, -0.15) is 0 Å². The Morgan fingerprint density at radius 1 is 1.06 bits per heavy atom. The Labute approximate surface area is 203 Å². The van der Waals surface area contributed by atoms with E-state index in [1.807, 2.05) is 0 Å². The number of likely N-dealkylation sites (N-methyl/N-ethyl adjacent to an activating group) is 1. The molecule has 0 radical (unpaired) electrons. The van der Waals surface area contributed by atoms with E-state index in [4.69, 9.17) is 4.74 Å². The van der Waals surface area contributed by atoms with E-state index in [0.29, 0.717) is 11.3 Å². The smallest absolute Gasteiger partial charge is 0.296 e. The third-order valence-corrected chi connectivity index (χ3v) is 8.19. The lowest BCUT2D eigenvalue weighted by molar-refractivity contribution is -0.144. The van der Waals surface area contributed by atoms with E-state index in [0.717, 1.165) is 9.21 Å². The summed E-state index contributed by atoms with van der Waals surface area (Å²) in [5.74, 6) is -3.09. The van der Waals surface area contributed by atoms with E-state index in [-0.39, 0.29) is 29.2 Å². The molecule has 0 aliphatic carbocycles. The fraction of sp³-hybridized carbons (Fsp3) is 0.292. The standard InChI is InChI=1S/C24H25N3O7S/c1-25(2)35(32,33)16-11-9-15(10-12-16)20(28)19-21(29)22(30)27(13-14-34-4)24(19)17-7-5-6-8-18(17)26(3)23(24)31/h5-12,28H,13-14H2,1-4H3/b20-19-/t24-/m0/s1. The first-order valence-electron chi connectivity index (χ1n) is 10.7. The van der Waals surface area contributed by atoms with Crippen molar-refractivity contribution in [2.24, 2.45) is 0 Å². The van der Waals surface area contributed by atoms with Crippen molar-refractivity contribution in [1.82, 2.24) is 9.21 Å². The number of methoxy groups -OCH3 is 1. The van der Waals surface area contributed by atoms with Crippen LogP contribution in [0.5, 0.6) is 0 Å². The second kappa shape index (κ2) is 8.59. The lowest BCUT2D eigenvalue weighted by atomic mass is 9.82. The number of aliphatic hydroxyl groups excluding tert-OH is 1. The second-order valence-corrected chi connectivity index (χ2v) is 10.6. The van der Waals surface area contributed by atoms with Gasteiger partial charge in [-0.3, -0.25) is 14.4 Å². The molecule has 2 aliphatic rings. The molecule has 2 heterocycles. The van der Waals surface area contributed by atoms with Crippen LogP contribution < -0.4 is 4.90 Å². The fourth-order valence-corrected chi connectivity index (χ4v) is 5.50. The number of ketones is 1. The summed E-state index contributed by atoms with van der Waals surface area (Å²) in [6.07, 6.45) is 0. The number of aliphatic hydroxyl groups is 1. The zero-order chi connectivity index (χ0) is 25.7. The Bertz CT molecular complexity index is 1370. The van der Waals surface area contributed by atoms with Crippen molar-refractivity contribution in [2.75, 3.05) is 46.3 Å². The minimum absolute atomic E-state index is 0.0173. The highest BCUT2D eigenvalue weighted by molar-refractivity contribution is 7.89. The van der Waals surface area contributed by atoms with Crippen LogP contribution in [0.2, 0.25) is 0 Å². The number of para-hydroxylation sites is 1. The summed E-state index contributed by atoms with van der Waals surface area (Å²) in [4.78, 5) is 42.7. The Morgan fingerprint density at radius 2 is 1.69 bits per heavy atom. The molecular formula is C24H25N3O7S. The van der Waals surface area contributed by atoms with Crippen LogP contribution in [-0.4, -0.2) is 81.7 Å². The first-order valence-corrected chi connectivity index (χ1v) is 12.1. The van der Waals surface area contributed by atoms with Gasteiger partial charge in [0.2, 0.25) is 10.0 Å². The molecule has 184 valence electrons. The number of ether oxygens (including phenoxy) is 1. The molecule has 1 atom stereocenters. The van der Waals surface area contributed by atoms with Crippen molar-refractivity contribution < 1.29 is 32.6 Å². The molecule has 1 saturated heterocycles. The fourth-order valence-electron chi connectivity index (χ4n) is 4.59. The maximum absolute atomic E-state index is 13.8. The van der Waals surface area contributed by atoms with Crippen molar-refractivity contribution in [3.63, 3.8) is 0 Å². The summed E-state index contributed by atoms with van der Waals surface area (Å²) < 4.78 is 31.0. The Kier molecular flexibility index (Phi) is 6.04. The lowest BCUT2D eigenvalue weighted by Gasteiger charge is -2.34. The molecule has 1 N–H and O–H groups in total. The van der Waals surface area contributed by atoms with Crippen LogP contribution in [0.1, 0.15) is 11.1 Å². The topological polar surface area (TPSA) is 125 Å². The molecule has 0 unspecified atom stereocenters. The van der Waals surface area contributed by atoms with E-state index in [1.165, 1.54) is 57.4 Å². The summed E-state index contributed by atoms with van der Waals surface area (Å²) >= 11 is 0. The molecule has 2 aromatic carbocycles. The van der Waals surface area contributed by atoms with Gasteiger partial charge < -0.3 is 19.6 Å². The van der Waals surface area contributed by atoms with Gasteiger partial charge in [0.15, 0.2) is 5.54 Å². The van der Waals surface area contributed by atoms with Crippen molar-refractivity contribution in [2.45, 2.75) is 10.4 Å². The summed E-state index contributed by atoms with van der Waals surface area (Å²) in [5.41, 5.74) is -1.28. The second-order valence-electron chi connectivity index (χ2n) is 8.41. The maximum Gasteiger partial charge on any atom is 0.296 e. The molecule has 2 amide bonds. The highest BCUT2D eigenvalue weighted by Gasteiger charge is 2.66. The number of Topliss-reactive ketones (excluding diaryl/α,β-unsaturated/α-hetero) is 1. The third kappa shape index (κ3) is 3.38. The minimum Gasteiger partial charge on any atom is -0.507 e. The average molecular weight is 500 g/mol. The molecule has 2 aromatic rings. The van der Waals surface area contributed by atoms with Gasteiger partial charge >= 0.3 is 0 Å². The summed E-state index contributed by atoms with van der Waals surface area (Å²) in [7, 11) is 2.03. The average Bonchev–Trinajstić information content (AvgIpc) is 3.20. The number of hydrogen-bond donors (Lipinski definition) is 1. The van der Waals surface area contributed by atoms with Gasteiger partial charge in [0.05, 0.1) is 17.1 Å². The molecule has 1 spiro atoms. The molecule has 10 nitrogen and oxygen atoms in total. The molecule has 0 saturated carbocycles. The van der Waals surface area contributed by atoms with Crippen LogP contribution >= 0.6 is 0 Å². The Morgan fingerprint density at radius 3 is 2.29 bits per heavy atom. The minimum atomic E-state index is -3.72. The van der Waals surface area contributed by atoms with E-state index >= 15 is 0 Å². The molecule has 35 heavy (non-hydrogen) atoms. The molecular weight excluding hydrogens is 474 g/mol. The Balaban J connectivity index is 1.97. The number of hydrogen-bond acceptors (Lipinski definition) is 7. The number of carbonyl (C=O) groups is 3. The van der Waals surface area contributed by atoms with Gasteiger partial charge in [-0.05, 0) is 30.3 Å². The third-order valence-electron chi connectivity index (χ3n) is 6.36. The molecule has 1 fully saturated rings. The quantitative estimate of drug-likeness (QED) is 0.359. The normalized spacial score (nSPS) is 21.5. The van der Waals surface area contributed by atoms with Crippen LogP contribution in [0, 0.1) is 0 Å². The van der Waals surface area contributed by atoms with Crippen molar-refractivity contribution in [3.05, 3.63) is 65.2 Å². The van der Waals surface area contributed by atoms with Crippen LogP contribution in [-0.2, 0) is 34.7 Å². The number of sulfonamides is 1. The largest absolute Gasteiger partial charge is 0.507 e. The summed E-state index contributed by atoms with van der Waals surface area (Å²) in [6.45, 7) is -0.00313. The number of amides is 2. The number of fused-ring (bicyclic) bond motifs is 2. The highest BCUT2D eigenvalue weighted by atomic mass is 32.2.